The Labute approximate surface area is 120 Å². The van der Waals surface area contributed by atoms with Gasteiger partial charge in [0.25, 0.3) is 0 Å². The Morgan fingerprint density at radius 1 is 1.20 bits per heavy atom. The Kier molecular flexibility index (Phi) is 5.28. The molecular weight excluding hydrogens is 246 g/mol. The molecule has 0 saturated carbocycles. The lowest BCUT2D eigenvalue weighted by molar-refractivity contribution is 0.299. The van der Waals surface area contributed by atoms with E-state index >= 15 is 0 Å². The monoisotopic (exact) mass is 265 g/mol. The van der Waals surface area contributed by atoms with Crippen molar-refractivity contribution in [1.29, 1.82) is 0 Å². The Balaban J connectivity index is 1.95. The third kappa shape index (κ3) is 4.49. The molecule has 0 amide bonds. The quantitative estimate of drug-likeness (QED) is 0.751. The fourth-order valence-corrected chi connectivity index (χ4v) is 2.10. The molecule has 0 saturated heterocycles. The van der Waals surface area contributed by atoms with Crippen LogP contribution in [0.5, 0.6) is 0 Å². The lowest BCUT2D eigenvalue weighted by Gasteiger charge is -2.19. The summed E-state index contributed by atoms with van der Waals surface area (Å²) in [5, 5.41) is 0. The van der Waals surface area contributed by atoms with Crippen molar-refractivity contribution in [3.05, 3.63) is 59.7 Å². The minimum absolute atomic E-state index is 0.640. The van der Waals surface area contributed by atoms with E-state index in [4.69, 9.17) is 6.42 Å². The molecule has 2 aromatic heterocycles. The molecular formula is C17H19N3. The van der Waals surface area contributed by atoms with Crippen LogP contribution < -0.4 is 0 Å². The SMILES string of the molecule is C#CCN(CCc1ccncc1)Cc1cccc(C)n1. The van der Waals surface area contributed by atoms with Gasteiger partial charge in [-0.15, -0.1) is 6.42 Å². The van der Waals surface area contributed by atoms with Crippen LogP contribution in [-0.4, -0.2) is 28.0 Å². The Bertz CT molecular complexity index is 572. The largest absolute Gasteiger partial charge is 0.286 e. The number of pyridine rings is 2. The molecule has 0 spiro atoms. The van der Waals surface area contributed by atoms with Crippen LogP contribution in [0.4, 0.5) is 0 Å². The summed E-state index contributed by atoms with van der Waals surface area (Å²) < 4.78 is 0. The van der Waals surface area contributed by atoms with Crippen LogP contribution in [0.2, 0.25) is 0 Å². The average Bonchev–Trinajstić information content (AvgIpc) is 2.46. The first-order valence-corrected chi connectivity index (χ1v) is 6.75. The molecule has 2 rings (SSSR count). The summed E-state index contributed by atoms with van der Waals surface area (Å²) in [4.78, 5) is 10.8. The van der Waals surface area contributed by atoms with Crippen molar-refractivity contribution in [1.82, 2.24) is 14.9 Å². The number of hydrogen-bond donors (Lipinski definition) is 0. The number of aromatic nitrogens is 2. The first-order chi connectivity index (χ1) is 9.78. The zero-order valence-corrected chi connectivity index (χ0v) is 11.8. The number of aryl methyl sites for hydroxylation is 1. The second-order valence-corrected chi connectivity index (χ2v) is 4.79. The van der Waals surface area contributed by atoms with Crippen LogP contribution in [0.1, 0.15) is 17.0 Å². The molecule has 0 unspecified atom stereocenters. The molecule has 0 aliphatic heterocycles. The van der Waals surface area contributed by atoms with Gasteiger partial charge in [-0.2, -0.15) is 0 Å². The molecule has 2 heterocycles. The van der Waals surface area contributed by atoms with Crippen molar-refractivity contribution in [2.24, 2.45) is 0 Å². The van der Waals surface area contributed by atoms with Gasteiger partial charge in [0.05, 0.1) is 12.2 Å². The van der Waals surface area contributed by atoms with Crippen LogP contribution in [0.25, 0.3) is 0 Å². The minimum atomic E-state index is 0.640. The van der Waals surface area contributed by atoms with Crippen LogP contribution in [0.3, 0.4) is 0 Å². The predicted molar refractivity (Wildman–Crippen MR) is 81.0 cm³/mol. The molecule has 3 nitrogen and oxygen atoms in total. The van der Waals surface area contributed by atoms with Crippen LogP contribution in [0.15, 0.2) is 42.7 Å². The minimum Gasteiger partial charge on any atom is -0.286 e. The molecule has 0 fully saturated rings. The highest BCUT2D eigenvalue weighted by molar-refractivity contribution is 5.12. The highest BCUT2D eigenvalue weighted by atomic mass is 15.1. The summed E-state index contributed by atoms with van der Waals surface area (Å²) >= 11 is 0. The smallest absolute Gasteiger partial charge is 0.0602 e. The van der Waals surface area contributed by atoms with Gasteiger partial charge >= 0.3 is 0 Å². The number of terminal acetylenes is 1. The molecule has 0 aliphatic carbocycles. The Hall–Kier alpha value is -2.18. The van der Waals surface area contributed by atoms with Gasteiger partial charge in [-0.1, -0.05) is 12.0 Å². The van der Waals surface area contributed by atoms with E-state index in [1.54, 1.807) is 0 Å². The van der Waals surface area contributed by atoms with Gasteiger partial charge in [0.2, 0.25) is 0 Å². The fraction of sp³-hybridized carbons (Fsp3) is 0.294. The maximum atomic E-state index is 5.46. The van der Waals surface area contributed by atoms with E-state index in [9.17, 15) is 0 Å². The summed E-state index contributed by atoms with van der Waals surface area (Å²) in [6, 6.07) is 10.2. The van der Waals surface area contributed by atoms with Crippen LogP contribution >= 0.6 is 0 Å². The third-order valence-electron chi connectivity index (χ3n) is 3.11. The van der Waals surface area contributed by atoms with E-state index in [0.717, 1.165) is 30.9 Å². The van der Waals surface area contributed by atoms with E-state index in [0.29, 0.717) is 6.54 Å². The van der Waals surface area contributed by atoms with E-state index in [2.05, 4.69) is 20.8 Å². The van der Waals surface area contributed by atoms with Gasteiger partial charge in [-0.05, 0) is 43.2 Å². The topological polar surface area (TPSA) is 29.0 Å². The number of hydrogen-bond acceptors (Lipinski definition) is 3. The third-order valence-corrected chi connectivity index (χ3v) is 3.11. The lowest BCUT2D eigenvalue weighted by atomic mass is 10.2. The zero-order valence-electron chi connectivity index (χ0n) is 11.8. The van der Waals surface area contributed by atoms with Crippen molar-refractivity contribution >= 4 is 0 Å². The summed E-state index contributed by atoms with van der Waals surface area (Å²) in [5.41, 5.74) is 3.38. The van der Waals surface area contributed by atoms with E-state index < -0.39 is 0 Å². The maximum absolute atomic E-state index is 5.46. The first-order valence-electron chi connectivity index (χ1n) is 6.75. The summed E-state index contributed by atoms with van der Waals surface area (Å²) in [6.07, 6.45) is 10.1. The molecule has 0 aromatic carbocycles. The predicted octanol–water partition coefficient (Wildman–Crippen LogP) is 2.46. The second kappa shape index (κ2) is 7.42. The fourth-order valence-electron chi connectivity index (χ4n) is 2.10. The average molecular weight is 265 g/mol. The molecule has 2 aromatic rings. The normalized spacial score (nSPS) is 10.4. The molecule has 0 bridgehead atoms. The van der Waals surface area contributed by atoms with Crippen molar-refractivity contribution in [2.45, 2.75) is 19.9 Å². The van der Waals surface area contributed by atoms with Gasteiger partial charge in [0.1, 0.15) is 0 Å². The highest BCUT2D eigenvalue weighted by Gasteiger charge is 2.06. The van der Waals surface area contributed by atoms with Gasteiger partial charge < -0.3 is 0 Å². The van der Waals surface area contributed by atoms with Crippen LogP contribution in [0, 0.1) is 19.3 Å². The molecule has 0 radical (unpaired) electrons. The van der Waals surface area contributed by atoms with Crippen molar-refractivity contribution in [3.63, 3.8) is 0 Å². The van der Waals surface area contributed by atoms with Gasteiger partial charge in [0.15, 0.2) is 0 Å². The standard InChI is InChI=1S/C17H19N3/c1-3-12-20(13-9-16-7-10-18-11-8-16)14-17-6-4-5-15(2)19-17/h1,4-8,10-11H,9,12-14H2,2H3. The Morgan fingerprint density at radius 2 is 2.00 bits per heavy atom. The second-order valence-electron chi connectivity index (χ2n) is 4.79. The summed E-state index contributed by atoms with van der Waals surface area (Å²) in [6.45, 7) is 4.35. The lowest BCUT2D eigenvalue weighted by Crippen LogP contribution is -2.26. The van der Waals surface area contributed by atoms with E-state index in [-0.39, 0.29) is 0 Å². The highest BCUT2D eigenvalue weighted by Crippen LogP contribution is 2.05. The van der Waals surface area contributed by atoms with Crippen molar-refractivity contribution < 1.29 is 0 Å². The molecule has 0 N–H and O–H groups in total. The zero-order chi connectivity index (χ0) is 14.2. The molecule has 0 aliphatic rings. The molecule has 102 valence electrons. The van der Waals surface area contributed by atoms with E-state index in [1.807, 2.05) is 49.6 Å². The molecule has 20 heavy (non-hydrogen) atoms. The molecule has 3 heteroatoms. The summed E-state index contributed by atoms with van der Waals surface area (Å²) in [7, 11) is 0. The van der Waals surface area contributed by atoms with Gasteiger partial charge in [-0.3, -0.25) is 14.9 Å². The van der Waals surface area contributed by atoms with Gasteiger partial charge in [0, 0.05) is 31.2 Å². The van der Waals surface area contributed by atoms with Crippen LogP contribution in [-0.2, 0) is 13.0 Å². The number of nitrogens with zero attached hydrogens (tertiary/aromatic N) is 3. The van der Waals surface area contributed by atoms with E-state index in [1.165, 1.54) is 5.56 Å². The van der Waals surface area contributed by atoms with Gasteiger partial charge in [-0.25, -0.2) is 0 Å². The van der Waals surface area contributed by atoms with Crippen molar-refractivity contribution in [3.8, 4) is 12.3 Å². The first kappa shape index (κ1) is 14.2. The molecule has 0 atom stereocenters. The number of rotatable bonds is 6. The van der Waals surface area contributed by atoms with Crippen molar-refractivity contribution in [2.75, 3.05) is 13.1 Å². The maximum Gasteiger partial charge on any atom is 0.0602 e. The summed E-state index contributed by atoms with van der Waals surface area (Å²) in [5.74, 6) is 2.72. The Morgan fingerprint density at radius 3 is 2.70 bits per heavy atom.